The van der Waals surface area contributed by atoms with Crippen LogP contribution in [0.5, 0.6) is 0 Å². The summed E-state index contributed by atoms with van der Waals surface area (Å²) in [5, 5.41) is 0. The summed E-state index contributed by atoms with van der Waals surface area (Å²) in [7, 11) is 3.80. The molecule has 188 valence electrons. The van der Waals surface area contributed by atoms with Crippen molar-refractivity contribution in [1.82, 2.24) is 24.8 Å². The van der Waals surface area contributed by atoms with Crippen molar-refractivity contribution in [2.24, 2.45) is 10.7 Å². The normalized spacial score (nSPS) is 15.5. The summed E-state index contributed by atoms with van der Waals surface area (Å²) < 4.78 is 0. The third-order valence-corrected chi connectivity index (χ3v) is 6.69. The Hall–Kier alpha value is -3.23. The highest BCUT2D eigenvalue weighted by molar-refractivity contribution is 8.93. The zero-order chi connectivity index (χ0) is 24.2. The number of nitrogens with two attached hydrogens (primary N) is 1. The summed E-state index contributed by atoms with van der Waals surface area (Å²) in [5.74, 6) is 1.52. The van der Waals surface area contributed by atoms with Crippen molar-refractivity contribution in [1.29, 1.82) is 0 Å². The predicted octanol–water partition coefficient (Wildman–Crippen LogP) is 4.99. The highest BCUT2D eigenvalue weighted by Gasteiger charge is 2.28. The number of fused-ring (bicyclic) bond motifs is 2. The first kappa shape index (κ1) is 25.9. The van der Waals surface area contributed by atoms with Gasteiger partial charge >= 0.3 is 0 Å². The van der Waals surface area contributed by atoms with Crippen LogP contribution in [0.3, 0.4) is 0 Å². The average molecular weight is 549 g/mol. The summed E-state index contributed by atoms with van der Waals surface area (Å²) in [6.45, 7) is 2.13. The van der Waals surface area contributed by atoms with E-state index in [1.54, 1.807) is 0 Å². The molecule has 0 saturated heterocycles. The number of aliphatic imine (C=N–C) groups is 1. The van der Waals surface area contributed by atoms with Gasteiger partial charge in [-0.2, -0.15) is 0 Å². The number of nitrogens with zero attached hydrogens (tertiary/aromatic N) is 5. The number of nitrogens with one attached hydrogen (secondary N) is 1. The van der Waals surface area contributed by atoms with Crippen molar-refractivity contribution < 1.29 is 0 Å². The fourth-order valence-corrected chi connectivity index (χ4v) is 4.79. The molecule has 4 aromatic rings. The lowest BCUT2D eigenvalue weighted by molar-refractivity contribution is 0.153. The Bertz CT molecular complexity index is 1280. The molecule has 36 heavy (non-hydrogen) atoms. The Kier molecular flexibility index (Phi) is 8.38. The lowest BCUT2D eigenvalue weighted by atomic mass is 9.90. The summed E-state index contributed by atoms with van der Waals surface area (Å²) in [5.41, 5.74) is 13.0. The largest absolute Gasteiger partial charge is 0.370 e. The van der Waals surface area contributed by atoms with Crippen molar-refractivity contribution in [2.75, 3.05) is 14.1 Å². The van der Waals surface area contributed by atoms with Gasteiger partial charge in [0.1, 0.15) is 5.82 Å². The van der Waals surface area contributed by atoms with Crippen LogP contribution in [0.2, 0.25) is 0 Å². The van der Waals surface area contributed by atoms with Gasteiger partial charge < -0.3 is 15.6 Å². The number of rotatable bonds is 7. The van der Waals surface area contributed by atoms with Gasteiger partial charge in [-0.05, 0) is 54.2 Å². The molecule has 0 bridgehead atoms. The van der Waals surface area contributed by atoms with E-state index in [0.29, 0.717) is 12.5 Å². The monoisotopic (exact) mass is 547 g/mol. The number of aromatic nitrogens is 3. The number of guanidine groups is 1. The first-order chi connectivity index (χ1) is 17.1. The number of aryl methyl sites for hydroxylation is 1. The van der Waals surface area contributed by atoms with Gasteiger partial charge in [-0.1, -0.05) is 42.5 Å². The molecule has 0 fully saturated rings. The Balaban J connectivity index is 0.00000304. The lowest BCUT2D eigenvalue weighted by Gasteiger charge is -2.34. The third-order valence-electron chi connectivity index (χ3n) is 6.69. The van der Waals surface area contributed by atoms with Crippen LogP contribution in [0.15, 0.2) is 71.9 Å². The molecule has 1 aliphatic rings. The Morgan fingerprint density at radius 2 is 1.81 bits per heavy atom. The molecular formula is C28H34BrN7. The maximum absolute atomic E-state index is 5.94. The first-order valence-corrected chi connectivity index (χ1v) is 12.2. The van der Waals surface area contributed by atoms with Crippen LogP contribution in [0.1, 0.15) is 47.1 Å². The SMILES string of the molecule is Br.CN(C)C(N)=NCc1ccc(CN(Cc2nc3ccccc3[nH]2)C2CCCc3cccnc32)cc1. The molecule has 5 rings (SSSR count). The van der Waals surface area contributed by atoms with E-state index in [-0.39, 0.29) is 23.0 Å². The molecule has 0 spiro atoms. The number of para-hydroxylation sites is 2. The molecule has 1 unspecified atom stereocenters. The minimum atomic E-state index is 0. The molecule has 3 N–H and O–H groups in total. The highest BCUT2D eigenvalue weighted by Crippen LogP contribution is 2.34. The maximum Gasteiger partial charge on any atom is 0.191 e. The molecule has 2 heterocycles. The summed E-state index contributed by atoms with van der Waals surface area (Å²) in [6, 6.07) is 21.4. The zero-order valence-electron chi connectivity index (χ0n) is 20.9. The number of aromatic amines is 1. The van der Waals surface area contributed by atoms with Crippen LogP contribution < -0.4 is 5.73 Å². The quantitative estimate of drug-likeness (QED) is 0.251. The summed E-state index contributed by atoms with van der Waals surface area (Å²) in [4.78, 5) is 22.0. The van der Waals surface area contributed by atoms with Gasteiger partial charge in [-0.25, -0.2) is 9.98 Å². The number of imidazole rings is 1. The van der Waals surface area contributed by atoms with E-state index in [0.717, 1.165) is 48.4 Å². The zero-order valence-corrected chi connectivity index (χ0v) is 22.6. The predicted molar refractivity (Wildman–Crippen MR) is 151 cm³/mol. The maximum atomic E-state index is 5.94. The molecule has 0 aliphatic heterocycles. The molecule has 0 amide bonds. The minimum Gasteiger partial charge on any atom is -0.370 e. The number of H-pyrrole nitrogens is 1. The van der Waals surface area contributed by atoms with Gasteiger partial charge in [0.15, 0.2) is 5.96 Å². The van der Waals surface area contributed by atoms with E-state index in [2.05, 4.69) is 63.4 Å². The summed E-state index contributed by atoms with van der Waals surface area (Å²) in [6.07, 6.45) is 5.29. The highest BCUT2D eigenvalue weighted by atomic mass is 79.9. The molecule has 8 heteroatoms. The topological polar surface area (TPSA) is 86.4 Å². The van der Waals surface area contributed by atoms with E-state index in [1.807, 2.05) is 37.3 Å². The van der Waals surface area contributed by atoms with Crippen LogP contribution in [0.4, 0.5) is 0 Å². The van der Waals surface area contributed by atoms with Crippen LogP contribution in [-0.4, -0.2) is 44.8 Å². The second kappa shape index (κ2) is 11.7. The molecule has 2 aromatic carbocycles. The fourth-order valence-electron chi connectivity index (χ4n) is 4.79. The Morgan fingerprint density at radius 3 is 2.58 bits per heavy atom. The van der Waals surface area contributed by atoms with Crippen LogP contribution >= 0.6 is 17.0 Å². The van der Waals surface area contributed by atoms with Crippen LogP contribution in [0, 0.1) is 0 Å². The van der Waals surface area contributed by atoms with Crippen molar-refractivity contribution >= 4 is 34.0 Å². The number of hydrogen-bond donors (Lipinski definition) is 2. The van der Waals surface area contributed by atoms with E-state index >= 15 is 0 Å². The van der Waals surface area contributed by atoms with E-state index < -0.39 is 0 Å². The number of hydrogen-bond acceptors (Lipinski definition) is 4. The Labute approximate surface area is 223 Å². The standard InChI is InChI=1S/C28H33N7.BrH/c1-34(2)28(29)31-17-20-12-14-21(15-13-20)18-35(19-26-32-23-9-3-4-10-24(23)33-26)25-11-5-7-22-8-6-16-30-27(22)25;/h3-4,6,8-10,12-16,25H,5,7,11,17-19H2,1-2H3,(H2,29,31)(H,32,33);1H. The van der Waals surface area contributed by atoms with Gasteiger partial charge in [0.25, 0.3) is 0 Å². The van der Waals surface area contributed by atoms with Gasteiger partial charge in [0.2, 0.25) is 0 Å². The number of benzene rings is 2. The summed E-state index contributed by atoms with van der Waals surface area (Å²) >= 11 is 0. The van der Waals surface area contributed by atoms with Crippen LogP contribution in [0.25, 0.3) is 11.0 Å². The second-order valence-corrected chi connectivity index (χ2v) is 9.45. The van der Waals surface area contributed by atoms with Crippen molar-refractivity contribution in [3.05, 3.63) is 95.1 Å². The van der Waals surface area contributed by atoms with E-state index in [4.69, 9.17) is 15.7 Å². The van der Waals surface area contributed by atoms with E-state index in [1.165, 1.54) is 23.2 Å². The van der Waals surface area contributed by atoms with Gasteiger partial charge in [-0.15, -0.1) is 17.0 Å². The van der Waals surface area contributed by atoms with Crippen molar-refractivity contribution in [3.63, 3.8) is 0 Å². The molecule has 0 radical (unpaired) electrons. The molecule has 1 atom stereocenters. The van der Waals surface area contributed by atoms with E-state index in [9.17, 15) is 0 Å². The first-order valence-electron chi connectivity index (χ1n) is 12.2. The van der Waals surface area contributed by atoms with Gasteiger partial charge in [0, 0.05) is 26.8 Å². The van der Waals surface area contributed by atoms with Gasteiger partial charge in [0.05, 0.1) is 35.9 Å². The lowest BCUT2D eigenvalue weighted by Crippen LogP contribution is -2.31. The van der Waals surface area contributed by atoms with Crippen molar-refractivity contribution in [3.8, 4) is 0 Å². The molecule has 1 aliphatic carbocycles. The Morgan fingerprint density at radius 1 is 1.03 bits per heavy atom. The fraction of sp³-hybridized carbons (Fsp3) is 0.321. The van der Waals surface area contributed by atoms with Crippen LogP contribution in [-0.2, 0) is 26.1 Å². The third kappa shape index (κ3) is 5.94. The molecule has 2 aromatic heterocycles. The molecular weight excluding hydrogens is 514 g/mol. The number of pyridine rings is 1. The average Bonchev–Trinajstić information content (AvgIpc) is 3.29. The second-order valence-electron chi connectivity index (χ2n) is 9.45. The minimum absolute atomic E-state index is 0. The molecule has 0 saturated carbocycles. The molecule has 7 nitrogen and oxygen atoms in total. The number of halogens is 1. The van der Waals surface area contributed by atoms with Gasteiger partial charge in [-0.3, -0.25) is 9.88 Å². The van der Waals surface area contributed by atoms with Crippen molar-refractivity contribution in [2.45, 2.75) is 44.9 Å². The smallest absolute Gasteiger partial charge is 0.191 e.